The van der Waals surface area contributed by atoms with Gasteiger partial charge in [0.25, 0.3) is 0 Å². The molecule has 0 fully saturated rings. The van der Waals surface area contributed by atoms with Gasteiger partial charge < -0.3 is 5.73 Å². The molecule has 1 unspecified atom stereocenters. The van der Waals surface area contributed by atoms with E-state index in [2.05, 4.69) is 21.0 Å². The summed E-state index contributed by atoms with van der Waals surface area (Å²) in [7, 11) is 0. The van der Waals surface area contributed by atoms with Gasteiger partial charge in [0.2, 0.25) is 0 Å². The van der Waals surface area contributed by atoms with Crippen LogP contribution in [0.15, 0.2) is 28.9 Å². The Bertz CT molecular complexity index is 568. The van der Waals surface area contributed by atoms with Crippen LogP contribution in [0, 0.1) is 0 Å². The van der Waals surface area contributed by atoms with E-state index in [0.29, 0.717) is 16.6 Å². The van der Waals surface area contributed by atoms with Gasteiger partial charge in [-0.25, -0.2) is 0 Å². The molecule has 1 aromatic carbocycles. The van der Waals surface area contributed by atoms with Crippen LogP contribution < -0.4 is 5.73 Å². The van der Waals surface area contributed by atoms with Crippen molar-refractivity contribution in [2.24, 2.45) is 5.73 Å². The van der Waals surface area contributed by atoms with Gasteiger partial charge in [-0.1, -0.05) is 45.2 Å². The summed E-state index contributed by atoms with van der Waals surface area (Å²) in [5.74, 6) is 0. The van der Waals surface area contributed by atoms with Crippen molar-refractivity contribution in [3.8, 4) is 0 Å². The second kappa shape index (κ2) is 5.61. The topological polar surface area (TPSA) is 43.8 Å². The first-order chi connectivity index (χ1) is 8.54. The summed E-state index contributed by atoms with van der Waals surface area (Å²) in [5.41, 5.74) is 7.86. The number of hydrogen-bond acceptors (Lipinski definition) is 2. The molecule has 96 valence electrons. The van der Waals surface area contributed by atoms with E-state index in [0.717, 1.165) is 15.7 Å². The summed E-state index contributed by atoms with van der Waals surface area (Å²) in [6.45, 7) is 2.70. The SMILES string of the molecule is CCn1ncc(Cl)c1C(N)c1ccc(Br)cc1Cl. The van der Waals surface area contributed by atoms with Crippen LogP contribution in [0.2, 0.25) is 10.0 Å². The third kappa shape index (κ3) is 2.57. The highest BCUT2D eigenvalue weighted by Gasteiger charge is 2.20. The Kier molecular flexibility index (Phi) is 4.33. The van der Waals surface area contributed by atoms with Gasteiger partial charge in [0.15, 0.2) is 0 Å². The zero-order valence-electron chi connectivity index (χ0n) is 9.70. The van der Waals surface area contributed by atoms with Crippen LogP contribution in [0.5, 0.6) is 0 Å². The summed E-state index contributed by atoms with van der Waals surface area (Å²) in [6, 6.07) is 5.22. The van der Waals surface area contributed by atoms with Gasteiger partial charge in [-0.15, -0.1) is 0 Å². The third-order valence-electron chi connectivity index (χ3n) is 2.72. The quantitative estimate of drug-likeness (QED) is 0.910. The van der Waals surface area contributed by atoms with Crippen molar-refractivity contribution in [1.82, 2.24) is 9.78 Å². The monoisotopic (exact) mass is 347 g/mol. The molecule has 18 heavy (non-hydrogen) atoms. The van der Waals surface area contributed by atoms with E-state index in [9.17, 15) is 0 Å². The number of hydrogen-bond donors (Lipinski definition) is 1. The predicted octanol–water partition coefficient (Wildman–Crippen LogP) is 4.02. The molecule has 0 saturated heterocycles. The molecule has 2 rings (SSSR count). The highest BCUT2D eigenvalue weighted by molar-refractivity contribution is 9.10. The molecule has 3 nitrogen and oxygen atoms in total. The molecule has 1 aromatic heterocycles. The van der Waals surface area contributed by atoms with E-state index in [4.69, 9.17) is 28.9 Å². The molecule has 0 spiro atoms. The molecular formula is C12H12BrCl2N3. The molecule has 2 N–H and O–H groups in total. The fraction of sp³-hybridized carbons (Fsp3) is 0.250. The van der Waals surface area contributed by atoms with Gasteiger partial charge in [-0.3, -0.25) is 4.68 Å². The lowest BCUT2D eigenvalue weighted by atomic mass is 10.0. The standard InChI is InChI=1S/C12H12BrCl2N3/c1-2-18-12(10(15)6-17-18)11(16)8-4-3-7(13)5-9(8)14/h3-6,11H,2,16H2,1H3. The zero-order valence-corrected chi connectivity index (χ0v) is 12.8. The Labute approximate surface area is 124 Å². The molecule has 0 aliphatic heterocycles. The Hall–Kier alpha value is -0.550. The van der Waals surface area contributed by atoms with E-state index in [-0.39, 0.29) is 6.04 Å². The molecule has 0 aliphatic carbocycles. The largest absolute Gasteiger partial charge is 0.319 e. The Morgan fingerprint density at radius 2 is 2.11 bits per heavy atom. The fourth-order valence-electron chi connectivity index (χ4n) is 1.83. The molecule has 0 radical (unpaired) electrons. The molecule has 1 atom stereocenters. The van der Waals surface area contributed by atoms with Crippen LogP contribution in [0.25, 0.3) is 0 Å². The molecule has 0 saturated carbocycles. The van der Waals surface area contributed by atoms with Gasteiger partial charge in [-0.2, -0.15) is 5.10 Å². The summed E-state index contributed by atoms with van der Waals surface area (Å²) in [5, 5.41) is 5.35. The van der Waals surface area contributed by atoms with Crippen LogP contribution in [-0.2, 0) is 6.54 Å². The lowest BCUT2D eigenvalue weighted by Gasteiger charge is -2.16. The second-order valence-electron chi connectivity index (χ2n) is 3.84. The predicted molar refractivity (Wildman–Crippen MR) is 78.1 cm³/mol. The summed E-state index contributed by atoms with van der Waals surface area (Å²) in [6.07, 6.45) is 1.60. The van der Waals surface area contributed by atoms with E-state index in [1.54, 1.807) is 10.9 Å². The van der Waals surface area contributed by atoms with Crippen molar-refractivity contribution in [3.63, 3.8) is 0 Å². The number of rotatable bonds is 3. The maximum atomic E-state index is 6.24. The van der Waals surface area contributed by atoms with Crippen LogP contribution in [0.1, 0.15) is 24.2 Å². The smallest absolute Gasteiger partial charge is 0.0837 e. The lowest BCUT2D eigenvalue weighted by Crippen LogP contribution is -2.18. The average molecular weight is 349 g/mol. The maximum Gasteiger partial charge on any atom is 0.0837 e. The van der Waals surface area contributed by atoms with Gasteiger partial charge in [-0.05, 0) is 24.6 Å². The second-order valence-corrected chi connectivity index (χ2v) is 5.57. The van der Waals surface area contributed by atoms with Crippen LogP contribution in [-0.4, -0.2) is 9.78 Å². The number of aryl methyl sites for hydroxylation is 1. The summed E-state index contributed by atoms with van der Waals surface area (Å²) >= 11 is 15.7. The van der Waals surface area contributed by atoms with Crippen LogP contribution >= 0.6 is 39.1 Å². The number of halogens is 3. The first kappa shape index (κ1) is 13.9. The maximum absolute atomic E-state index is 6.24. The fourth-order valence-corrected chi connectivity index (χ4v) is 2.88. The first-order valence-corrected chi connectivity index (χ1v) is 7.01. The minimum atomic E-state index is -0.388. The van der Waals surface area contributed by atoms with E-state index in [1.807, 2.05) is 25.1 Å². The van der Waals surface area contributed by atoms with Crippen molar-refractivity contribution in [1.29, 1.82) is 0 Å². The molecule has 6 heteroatoms. The van der Waals surface area contributed by atoms with Crippen molar-refractivity contribution in [3.05, 3.63) is 50.2 Å². The number of nitrogens with two attached hydrogens (primary N) is 1. The van der Waals surface area contributed by atoms with Gasteiger partial charge in [0.1, 0.15) is 0 Å². The molecule has 0 amide bonds. The van der Waals surface area contributed by atoms with Crippen molar-refractivity contribution in [2.75, 3.05) is 0 Å². The molecule has 1 heterocycles. The highest BCUT2D eigenvalue weighted by Crippen LogP contribution is 2.32. The van der Waals surface area contributed by atoms with Gasteiger partial charge >= 0.3 is 0 Å². The Morgan fingerprint density at radius 1 is 1.39 bits per heavy atom. The number of nitrogens with zero attached hydrogens (tertiary/aromatic N) is 2. The van der Waals surface area contributed by atoms with Crippen molar-refractivity contribution >= 4 is 39.1 Å². The van der Waals surface area contributed by atoms with Crippen LogP contribution in [0.3, 0.4) is 0 Å². The third-order valence-corrected chi connectivity index (χ3v) is 3.84. The summed E-state index contributed by atoms with van der Waals surface area (Å²) in [4.78, 5) is 0. The average Bonchev–Trinajstić information content (AvgIpc) is 2.69. The lowest BCUT2D eigenvalue weighted by molar-refractivity contribution is 0.601. The summed E-state index contributed by atoms with van der Waals surface area (Å²) < 4.78 is 2.70. The van der Waals surface area contributed by atoms with E-state index in [1.165, 1.54) is 0 Å². The molecule has 0 aliphatic rings. The van der Waals surface area contributed by atoms with Gasteiger partial charge in [0, 0.05) is 16.0 Å². The molecular weight excluding hydrogens is 337 g/mol. The Morgan fingerprint density at radius 3 is 2.72 bits per heavy atom. The number of aromatic nitrogens is 2. The van der Waals surface area contributed by atoms with E-state index < -0.39 is 0 Å². The van der Waals surface area contributed by atoms with Crippen molar-refractivity contribution in [2.45, 2.75) is 19.5 Å². The highest BCUT2D eigenvalue weighted by atomic mass is 79.9. The van der Waals surface area contributed by atoms with E-state index >= 15 is 0 Å². The normalized spacial score (nSPS) is 12.7. The minimum Gasteiger partial charge on any atom is -0.319 e. The minimum absolute atomic E-state index is 0.388. The Balaban J connectivity index is 2.47. The van der Waals surface area contributed by atoms with Crippen LogP contribution in [0.4, 0.5) is 0 Å². The van der Waals surface area contributed by atoms with Gasteiger partial charge in [0.05, 0.1) is 23.0 Å². The number of benzene rings is 1. The van der Waals surface area contributed by atoms with Crippen molar-refractivity contribution < 1.29 is 0 Å². The molecule has 2 aromatic rings. The molecule has 0 bridgehead atoms. The zero-order chi connectivity index (χ0) is 13.3. The first-order valence-electron chi connectivity index (χ1n) is 5.46.